The number of benzene rings is 1. The van der Waals surface area contributed by atoms with E-state index in [1.165, 1.54) is 11.3 Å². The maximum Gasteiger partial charge on any atom is 0.119 e. The lowest BCUT2D eigenvalue weighted by atomic mass is 10.1. The van der Waals surface area contributed by atoms with Gasteiger partial charge >= 0.3 is 0 Å². The number of anilines is 1. The van der Waals surface area contributed by atoms with E-state index >= 15 is 0 Å². The summed E-state index contributed by atoms with van der Waals surface area (Å²) in [6, 6.07) is 9.41. The molecule has 1 fully saturated rings. The van der Waals surface area contributed by atoms with E-state index in [4.69, 9.17) is 0 Å². The summed E-state index contributed by atoms with van der Waals surface area (Å²) < 4.78 is 2.04. The second kappa shape index (κ2) is 6.26. The zero-order valence-electron chi connectivity index (χ0n) is 12.8. The van der Waals surface area contributed by atoms with E-state index in [-0.39, 0.29) is 0 Å². The summed E-state index contributed by atoms with van der Waals surface area (Å²) in [5.41, 5.74) is 2.66. The summed E-state index contributed by atoms with van der Waals surface area (Å²) in [5, 5.41) is 7.70. The normalized spacial score (nSPS) is 19.9. The van der Waals surface area contributed by atoms with Crippen LogP contribution in [0.25, 0.3) is 0 Å². The fourth-order valence-electron chi connectivity index (χ4n) is 2.90. The Bertz CT molecular complexity index is 549. The number of aromatic nitrogens is 3. The van der Waals surface area contributed by atoms with Crippen LogP contribution in [0.1, 0.15) is 12.5 Å². The van der Waals surface area contributed by atoms with Crippen LogP contribution < -0.4 is 4.90 Å². The van der Waals surface area contributed by atoms with Gasteiger partial charge in [-0.15, -0.1) is 10.2 Å². The molecule has 112 valence electrons. The van der Waals surface area contributed by atoms with Crippen molar-refractivity contribution in [1.29, 1.82) is 0 Å². The molecular weight excluding hydrogens is 262 g/mol. The van der Waals surface area contributed by atoms with E-state index in [9.17, 15) is 0 Å². The van der Waals surface area contributed by atoms with Crippen LogP contribution in [0.4, 0.5) is 5.69 Å². The van der Waals surface area contributed by atoms with Crippen molar-refractivity contribution < 1.29 is 0 Å². The highest BCUT2D eigenvalue weighted by atomic mass is 15.3. The molecule has 0 saturated carbocycles. The first-order valence-corrected chi connectivity index (χ1v) is 7.60. The molecular formula is C16H23N5. The fraction of sp³-hybridized carbons (Fsp3) is 0.500. The minimum absolute atomic E-state index is 0.566. The summed E-state index contributed by atoms with van der Waals surface area (Å²) in [7, 11) is 0. The molecule has 1 saturated heterocycles. The summed E-state index contributed by atoms with van der Waals surface area (Å²) >= 11 is 0. The Hall–Kier alpha value is -1.88. The van der Waals surface area contributed by atoms with E-state index in [0.29, 0.717) is 6.04 Å². The van der Waals surface area contributed by atoms with Gasteiger partial charge in [0, 0.05) is 44.5 Å². The molecule has 3 rings (SSSR count). The molecule has 0 spiro atoms. The minimum atomic E-state index is 0.566. The molecule has 2 heterocycles. The van der Waals surface area contributed by atoms with Crippen LogP contribution in [0.5, 0.6) is 0 Å². The molecule has 1 aliphatic heterocycles. The quantitative estimate of drug-likeness (QED) is 0.858. The summed E-state index contributed by atoms with van der Waals surface area (Å²) in [6.45, 7) is 9.75. The van der Waals surface area contributed by atoms with Crippen LogP contribution in [0.15, 0.2) is 36.9 Å². The zero-order valence-corrected chi connectivity index (χ0v) is 12.8. The first kappa shape index (κ1) is 14.1. The van der Waals surface area contributed by atoms with Gasteiger partial charge in [0.25, 0.3) is 0 Å². The molecule has 1 atom stereocenters. The molecule has 0 aliphatic carbocycles. The van der Waals surface area contributed by atoms with Crippen molar-refractivity contribution in [2.45, 2.75) is 26.4 Å². The first-order chi connectivity index (χ1) is 10.2. The lowest BCUT2D eigenvalue weighted by Crippen LogP contribution is -2.52. The highest BCUT2D eigenvalue weighted by Crippen LogP contribution is 2.19. The fourth-order valence-corrected chi connectivity index (χ4v) is 2.90. The number of rotatable bonds is 4. The maximum atomic E-state index is 3.85. The Balaban J connectivity index is 1.55. The van der Waals surface area contributed by atoms with E-state index in [1.807, 2.05) is 4.57 Å². The lowest BCUT2D eigenvalue weighted by molar-refractivity contribution is 0.182. The number of hydrogen-bond acceptors (Lipinski definition) is 4. The molecule has 5 nitrogen and oxygen atoms in total. The van der Waals surface area contributed by atoms with Crippen molar-refractivity contribution in [2.75, 3.05) is 31.1 Å². The van der Waals surface area contributed by atoms with Gasteiger partial charge < -0.3 is 9.47 Å². The van der Waals surface area contributed by atoms with Gasteiger partial charge in [0.05, 0.1) is 0 Å². The van der Waals surface area contributed by atoms with Crippen molar-refractivity contribution in [1.82, 2.24) is 19.7 Å². The topological polar surface area (TPSA) is 37.2 Å². The van der Waals surface area contributed by atoms with Crippen molar-refractivity contribution in [3.05, 3.63) is 42.5 Å². The lowest BCUT2D eigenvalue weighted by Gasteiger charge is -2.41. The molecule has 0 N–H and O–H groups in total. The number of aryl methyl sites for hydroxylation is 1. The summed E-state index contributed by atoms with van der Waals surface area (Å²) in [5.74, 6) is 0. The molecule has 1 aromatic carbocycles. The van der Waals surface area contributed by atoms with Crippen LogP contribution in [0, 0.1) is 6.92 Å². The van der Waals surface area contributed by atoms with Crippen molar-refractivity contribution in [2.24, 2.45) is 0 Å². The average Bonchev–Trinajstić information content (AvgIpc) is 3.00. The van der Waals surface area contributed by atoms with Crippen LogP contribution in [-0.2, 0) is 6.54 Å². The van der Waals surface area contributed by atoms with Crippen LogP contribution in [0.2, 0.25) is 0 Å². The Morgan fingerprint density at radius 2 is 1.76 bits per heavy atom. The zero-order chi connectivity index (χ0) is 14.7. The Labute approximate surface area is 126 Å². The minimum Gasteiger partial charge on any atom is -0.369 e. The average molecular weight is 285 g/mol. The van der Waals surface area contributed by atoms with Crippen LogP contribution in [-0.4, -0.2) is 51.9 Å². The van der Waals surface area contributed by atoms with Crippen molar-refractivity contribution >= 4 is 5.69 Å². The SMILES string of the molecule is Cc1ccc(N2CCN(CCn3cnnc3)C(C)C2)cc1. The summed E-state index contributed by atoms with van der Waals surface area (Å²) in [4.78, 5) is 5.03. The Morgan fingerprint density at radius 1 is 1.05 bits per heavy atom. The molecule has 0 bridgehead atoms. The molecule has 0 amide bonds. The second-order valence-electron chi connectivity index (χ2n) is 5.87. The van der Waals surface area contributed by atoms with Gasteiger partial charge in [0.15, 0.2) is 0 Å². The second-order valence-corrected chi connectivity index (χ2v) is 5.87. The molecule has 1 unspecified atom stereocenters. The van der Waals surface area contributed by atoms with E-state index < -0.39 is 0 Å². The number of hydrogen-bond donors (Lipinski definition) is 0. The molecule has 2 aromatic rings. The number of piperazine rings is 1. The third-order valence-corrected chi connectivity index (χ3v) is 4.28. The first-order valence-electron chi connectivity index (χ1n) is 7.60. The Kier molecular flexibility index (Phi) is 4.20. The van der Waals surface area contributed by atoms with Crippen LogP contribution >= 0.6 is 0 Å². The third-order valence-electron chi connectivity index (χ3n) is 4.28. The van der Waals surface area contributed by atoms with Crippen molar-refractivity contribution in [3.63, 3.8) is 0 Å². The highest BCUT2D eigenvalue weighted by Gasteiger charge is 2.23. The smallest absolute Gasteiger partial charge is 0.119 e. The predicted molar refractivity (Wildman–Crippen MR) is 84.4 cm³/mol. The van der Waals surface area contributed by atoms with Gasteiger partial charge in [0.1, 0.15) is 12.7 Å². The maximum absolute atomic E-state index is 3.85. The highest BCUT2D eigenvalue weighted by molar-refractivity contribution is 5.48. The van der Waals surface area contributed by atoms with Crippen molar-refractivity contribution in [3.8, 4) is 0 Å². The van der Waals surface area contributed by atoms with Gasteiger partial charge in [-0.3, -0.25) is 4.90 Å². The van der Waals surface area contributed by atoms with E-state index in [2.05, 4.69) is 58.1 Å². The van der Waals surface area contributed by atoms with Gasteiger partial charge in [-0.2, -0.15) is 0 Å². The van der Waals surface area contributed by atoms with Gasteiger partial charge in [0.2, 0.25) is 0 Å². The van der Waals surface area contributed by atoms with E-state index in [1.54, 1.807) is 12.7 Å². The molecule has 1 aromatic heterocycles. The molecule has 1 aliphatic rings. The molecule has 0 radical (unpaired) electrons. The Morgan fingerprint density at radius 3 is 2.43 bits per heavy atom. The third kappa shape index (κ3) is 3.42. The molecule has 21 heavy (non-hydrogen) atoms. The van der Waals surface area contributed by atoms with Gasteiger partial charge in [-0.05, 0) is 26.0 Å². The standard InChI is InChI=1S/C16H23N5/c1-14-3-5-16(6-4-14)21-10-9-20(15(2)11-21)8-7-19-12-17-18-13-19/h3-6,12-13,15H,7-11H2,1-2H3. The van der Waals surface area contributed by atoms with Gasteiger partial charge in [-0.25, -0.2) is 0 Å². The monoisotopic (exact) mass is 285 g/mol. The largest absolute Gasteiger partial charge is 0.369 e. The number of nitrogens with zero attached hydrogens (tertiary/aromatic N) is 5. The molecule has 5 heteroatoms. The van der Waals surface area contributed by atoms with Gasteiger partial charge in [-0.1, -0.05) is 17.7 Å². The van der Waals surface area contributed by atoms with E-state index in [0.717, 1.165) is 32.7 Å². The summed E-state index contributed by atoms with van der Waals surface area (Å²) in [6.07, 6.45) is 3.57. The predicted octanol–water partition coefficient (Wildman–Crippen LogP) is 1.80. The van der Waals surface area contributed by atoms with Crippen LogP contribution in [0.3, 0.4) is 0 Å².